The van der Waals surface area contributed by atoms with Crippen LogP contribution in [0.4, 0.5) is 0 Å². The van der Waals surface area contributed by atoms with Gasteiger partial charge < -0.3 is 19.1 Å². The average Bonchev–Trinajstić information content (AvgIpc) is 2.28. The molecular weight excluding hydrogens is 230 g/mol. The Labute approximate surface area is 111 Å². The first kappa shape index (κ1) is 17.4. The van der Waals surface area contributed by atoms with Crippen molar-refractivity contribution >= 4 is 0 Å². The molecule has 0 saturated carbocycles. The normalized spacial score (nSPS) is 12.4. The molecule has 4 nitrogen and oxygen atoms in total. The molecular formula is C14H27NO3. The van der Waals surface area contributed by atoms with Crippen molar-refractivity contribution in [2.75, 3.05) is 19.8 Å². The van der Waals surface area contributed by atoms with E-state index in [0.29, 0.717) is 19.8 Å². The number of nitrogens with zero attached hydrogens (tertiary/aromatic N) is 1. The monoisotopic (exact) mass is 257 g/mol. The summed E-state index contributed by atoms with van der Waals surface area (Å²) in [7, 11) is 0. The Kier molecular flexibility index (Phi) is 8.17. The van der Waals surface area contributed by atoms with Gasteiger partial charge in [-0.3, -0.25) is 0 Å². The van der Waals surface area contributed by atoms with Crippen LogP contribution in [0.1, 0.15) is 41.5 Å². The van der Waals surface area contributed by atoms with Crippen molar-refractivity contribution in [3.05, 3.63) is 11.4 Å². The molecule has 0 aliphatic carbocycles. The Morgan fingerprint density at radius 3 is 1.22 bits per heavy atom. The van der Waals surface area contributed by atoms with Crippen LogP contribution in [-0.2, 0) is 14.2 Å². The van der Waals surface area contributed by atoms with Crippen LogP contribution in [0.15, 0.2) is 0 Å². The number of hydrogen-bond donors (Lipinski definition) is 0. The van der Waals surface area contributed by atoms with Gasteiger partial charge in [-0.25, -0.2) is 6.57 Å². The van der Waals surface area contributed by atoms with Gasteiger partial charge in [-0.15, -0.1) is 0 Å². The van der Waals surface area contributed by atoms with Gasteiger partial charge in [0.05, 0.1) is 18.3 Å². The quantitative estimate of drug-likeness (QED) is 0.595. The summed E-state index contributed by atoms with van der Waals surface area (Å²) >= 11 is 0. The summed E-state index contributed by atoms with van der Waals surface area (Å²) in [6.07, 6.45) is 0.303. The van der Waals surface area contributed by atoms with Gasteiger partial charge in [0.2, 0.25) is 0 Å². The molecule has 0 unspecified atom stereocenters. The van der Waals surface area contributed by atoms with Crippen molar-refractivity contribution in [2.24, 2.45) is 0 Å². The second-order valence-electron chi connectivity index (χ2n) is 5.42. The smallest absolute Gasteiger partial charge is 0.300 e. The highest BCUT2D eigenvalue weighted by Crippen LogP contribution is 2.17. The summed E-state index contributed by atoms with van der Waals surface area (Å²) in [5, 5.41) is 0. The fourth-order valence-corrected chi connectivity index (χ4v) is 1.19. The topological polar surface area (TPSA) is 32.0 Å². The molecule has 18 heavy (non-hydrogen) atoms. The Balaban J connectivity index is 4.56. The lowest BCUT2D eigenvalue weighted by Crippen LogP contribution is -2.43. The molecule has 0 aromatic carbocycles. The van der Waals surface area contributed by atoms with E-state index in [1.807, 2.05) is 41.5 Å². The van der Waals surface area contributed by atoms with Gasteiger partial charge in [-0.1, -0.05) is 0 Å². The predicted molar refractivity (Wildman–Crippen MR) is 72.6 cm³/mol. The maximum absolute atomic E-state index is 7.43. The number of hydrogen-bond acceptors (Lipinski definition) is 3. The van der Waals surface area contributed by atoms with Crippen molar-refractivity contribution in [3.8, 4) is 0 Å². The Bertz CT molecular complexity index is 225. The molecule has 0 spiro atoms. The Hall–Kier alpha value is -0.630. The molecule has 0 amide bonds. The molecule has 0 aliphatic rings. The van der Waals surface area contributed by atoms with Crippen molar-refractivity contribution in [1.82, 2.24) is 0 Å². The van der Waals surface area contributed by atoms with Crippen LogP contribution < -0.4 is 0 Å². The van der Waals surface area contributed by atoms with Crippen LogP contribution in [0, 0.1) is 6.57 Å². The summed E-state index contributed by atoms with van der Waals surface area (Å²) < 4.78 is 16.8. The first-order chi connectivity index (χ1) is 8.31. The minimum atomic E-state index is -0.737. The van der Waals surface area contributed by atoms with E-state index in [2.05, 4.69) is 4.85 Å². The summed E-state index contributed by atoms with van der Waals surface area (Å²) in [5.74, 6) is 0. The predicted octanol–water partition coefficient (Wildman–Crippen LogP) is 2.92. The van der Waals surface area contributed by atoms with Crippen molar-refractivity contribution in [2.45, 2.75) is 65.4 Å². The van der Waals surface area contributed by atoms with Gasteiger partial charge in [0.25, 0.3) is 0 Å². The lowest BCUT2D eigenvalue weighted by Gasteiger charge is -2.24. The summed E-state index contributed by atoms with van der Waals surface area (Å²) in [6.45, 7) is 20.2. The molecule has 0 aromatic rings. The van der Waals surface area contributed by atoms with Gasteiger partial charge in [0.1, 0.15) is 19.8 Å². The third-order valence-corrected chi connectivity index (χ3v) is 2.29. The third-order valence-electron chi connectivity index (χ3n) is 2.29. The Morgan fingerprint density at radius 2 is 1.06 bits per heavy atom. The van der Waals surface area contributed by atoms with E-state index in [9.17, 15) is 0 Å². The second-order valence-corrected chi connectivity index (χ2v) is 5.42. The second kappa shape index (κ2) is 8.47. The minimum Gasteiger partial charge on any atom is -0.370 e. The highest BCUT2D eigenvalue weighted by atomic mass is 16.5. The Morgan fingerprint density at radius 1 is 0.778 bits per heavy atom. The number of rotatable bonds is 9. The molecule has 0 bridgehead atoms. The molecule has 4 heteroatoms. The van der Waals surface area contributed by atoms with Gasteiger partial charge in [-0.2, -0.15) is 0 Å². The molecule has 0 rings (SSSR count). The zero-order chi connectivity index (χ0) is 14.2. The molecule has 0 saturated heterocycles. The highest BCUT2D eigenvalue weighted by Gasteiger charge is 2.39. The summed E-state index contributed by atoms with van der Waals surface area (Å²) in [4.78, 5) is 3.71. The number of ether oxygens (including phenoxy) is 3. The zero-order valence-electron chi connectivity index (χ0n) is 12.5. The van der Waals surface area contributed by atoms with Crippen LogP contribution in [0.2, 0.25) is 0 Å². The van der Waals surface area contributed by atoms with Crippen LogP contribution >= 0.6 is 0 Å². The van der Waals surface area contributed by atoms with E-state index in [0.717, 1.165) is 0 Å². The summed E-state index contributed by atoms with van der Waals surface area (Å²) in [5.41, 5.74) is -0.737. The third kappa shape index (κ3) is 7.65. The maximum atomic E-state index is 7.43. The van der Waals surface area contributed by atoms with E-state index in [1.165, 1.54) is 0 Å². The van der Waals surface area contributed by atoms with E-state index in [1.54, 1.807) is 0 Å². The minimum absolute atomic E-state index is 0.101. The van der Waals surface area contributed by atoms with Gasteiger partial charge in [0.15, 0.2) is 0 Å². The van der Waals surface area contributed by atoms with Gasteiger partial charge in [-0.05, 0) is 41.5 Å². The summed E-state index contributed by atoms with van der Waals surface area (Å²) in [6, 6.07) is 0. The SMILES string of the molecule is [C-]#[N+]C(COC(C)C)(COC(C)C)COC(C)C. The van der Waals surface area contributed by atoms with E-state index >= 15 is 0 Å². The molecule has 0 aromatic heterocycles. The van der Waals surface area contributed by atoms with Gasteiger partial charge in [0, 0.05) is 0 Å². The molecule has 0 atom stereocenters. The fraction of sp³-hybridized carbons (Fsp3) is 0.929. The average molecular weight is 257 g/mol. The maximum Gasteiger partial charge on any atom is 0.300 e. The van der Waals surface area contributed by atoms with Crippen molar-refractivity contribution in [1.29, 1.82) is 0 Å². The van der Waals surface area contributed by atoms with E-state index in [4.69, 9.17) is 20.8 Å². The molecule has 0 fully saturated rings. The van der Waals surface area contributed by atoms with Crippen molar-refractivity contribution in [3.63, 3.8) is 0 Å². The van der Waals surface area contributed by atoms with E-state index < -0.39 is 5.54 Å². The largest absolute Gasteiger partial charge is 0.370 e. The van der Waals surface area contributed by atoms with Crippen LogP contribution in [0.5, 0.6) is 0 Å². The van der Waals surface area contributed by atoms with Crippen LogP contribution in [0.3, 0.4) is 0 Å². The molecule has 106 valence electrons. The van der Waals surface area contributed by atoms with Gasteiger partial charge >= 0.3 is 5.54 Å². The molecule has 0 radical (unpaired) electrons. The van der Waals surface area contributed by atoms with Crippen LogP contribution in [-0.4, -0.2) is 43.7 Å². The lowest BCUT2D eigenvalue weighted by molar-refractivity contribution is -0.0454. The standard InChI is InChI=1S/C14H27NO3/c1-11(2)16-8-14(15-7,9-17-12(3)4)10-18-13(5)6/h11-13H,8-10H2,1-6H3. The van der Waals surface area contributed by atoms with Crippen LogP contribution in [0.25, 0.3) is 4.85 Å². The molecule has 0 heterocycles. The molecule has 0 N–H and O–H groups in total. The fourth-order valence-electron chi connectivity index (χ4n) is 1.19. The van der Waals surface area contributed by atoms with E-state index in [-0.39, 0.29) is 18.3 Å². The first-order valence-corrected chi connectivity index (χ1v) is 6.55. The molecule has 0 aliphatic heterocycles. The lowest BCUT2D eigenvalue weighted by atomic mass is 10.0. The highest BCUT2D eigenvalue weighted by molar-refractivity contribution is 4.99. The zero-order valence-corrected chi connectivity index (χ0v) is 12.5. The first-order valence-electron chi connectivity index (χ1n) is 6.55. The van der Waals surface area contributed by atoms with Crippen molar-refractivity contribution < 1.29 is 14.2 Å².